The molecule has 3 N–H and O–H groups in total. The van der Waals surface area contributed by atoms with Crippen molar-refractivity contribution in [2.75, 3.05) is 6.54 Å². The van der Waals surface area contributed by atoms with E-state index in [0.717, 1.165) is 41.8 Å². The number of rotatable bonds is 10. The molecular formula is C26H28N2O2. The summed E-state index contributed by atoms with van der Waals surface area (Å²) >= 11 is 0. The van der Waals surface area contributed by atoms with E-state index < -0.39 is 0 Å². The van der Waals surface area contributed by atoms with Crippen LogP contribution in [0, 0.1) is 0 Å². The molecule has 0 saturated heterocycles. The van der Waals surface area contributed by atoms with Crippen molar-refractivity contribution >= 4 is 5.91 Å². The second-order valence-corrected chi connectivity index (χ2v) is 7.87. The van der Waals surface area contributed by atoms with Gasteiger partial charge in [0.2, 0.25) is 5.91 Å². The lowest BCUT2D eigenvalue weighted by Crippen LogP contribution is -2.21. The molecule has 4 heteroatoms. The summed E-state index contributed by atoms with van der Waals surface area (Å²) < 4.78 is 6.20. The smallest absolute Gasteiger partial charge is 0.217 e. The Kier molecular flexibility index (Phi) is 6.45. The fraction of sp³-hybridized carbons (Fsp3) is 0.269. The van der Waals surface area contributed by atoms with Crippen LogP contribution in [0.15, 0.2) is 78.9 Å². The predicted molar refractivity (Wildman–Crippen MR) is 120 cm³/mol. The highest BCUT2D eigenvalue weighted by Crippen LogP contribution is 2.43. The molecule has 0 aromatic heterocycles. The van der Waals surface area contributed by atoms with Crippen molar-refractivity contribution in [3.63, 3.8) is 0 Å². The number of ether oxygens (including phenoxy) is 1. The molecule has 3 aromatic rings. The van der Waals surface area contributed by atoms with E-state index in [1.54, 1.807) is 0 Å². The van der Waals surface area contributed by atoms with Crippen molar-refractivity contribution in [3.05, 3.63) is 90.0 Å². The lowest BCUT2D eigenvalue weighted by molar-refractivity contribution is -0.118. The Hall–Kier alpha value is -3.11. The Morgan fingerprint density at radius 3 is 2.47 bits per heavy atom. The van der Waals surface area contributed by atoms with Gasteiger partial charge in [-0.15, -0.1) is 0 Å². The van der Waals surface area contributed by atoms with Crippen LogP contribution in [0.25, 0.3) is 11.1 Å². The Labute approximate surface area is 178 Å². The van der Waals surface area contributed by atoms with E-state index in [1.165, 1.54) is 5.56 Å². The summed E-state index contributed by atoms with van der Waals surface area (Å²) in [6, 6.07) is 27.7. The topological polar surface area (TPSA) is 64.4 Å². The van der Waals surface area contributed by atoms with Crippen molar-refractivity contribution in [1.29, 1.82) is 0 Å². The largest absolute Gasteiger partial charge is 0.488 e. The van der Waals surface area contributed by atoms with Crippen LogP contribution in [0.1, 0.15) is 36.3 Å². The number of primary amides is 1. The van der Waals surface area contributed by atoms with Gasteiger partial charge in [-0.25, -0.2) is 0 Å². The molecule has 1 aliphatic rings. The van der Waals surface area contributed by atoms with Gasteiger partial charge >= 0.3 is 0 Å². The summed E-state index contributed by atoms with van der Waals surface area (Å²) in [4.78, 5) is 10.9. The number of carbonyl (C=O) groups excluding carboxylic acids is 1. The van der Waals surface area contributed by atoms with E-state index >= 15 is 0 Å². The zero-order valence-corrected chi connectivity index (χ0v) is 17.1. The Morgan fingerprint density at radius 1 is 1.00 bits per heavy atom. The van der Waals surface area contributed by atoms with Crippen molar-refractivity contribution in [1.82, 2.24) is 5.32 Å². The molecule has 0 aliphatic heterocycles. The molecule has 2 unspecified atom stereocenters. The summed E-state index contributed by atoms with van der Waals surface area (Å²) in [6.07, 6.45) is 2.35. The van der Waals surface area contributed by atoms with Gasteiger partial charge in [-0.1, -0.05) is 66.7 Å². The minimum absolute atomic E-state index is 0.234. The Bertz CT molecular complexity index is 973. The van der Waals surface area contributed by atoms with Gasteiger partial charge in [0.05, 0.1) is 0 Å². The molecule has 4 rings (SSSR count). The molecular weight excluding hydrogens is 372 g/mol. The zero-order valence-electron chi connectivity index (χ0n) is 17.1. The fourth-order valence-electron chi connectivity index (χ4n) is 3.82. The number of hydrogen-bond acceptors (Lipinski definition) is 3. The monoisotopic (exact) mass is 400 g/mol. The second kappa shape index (κ2) is 9.59. The maximum atomic E-state index is 10.9. The highest BCUT2D eigenvalue weighted by Gasteiger charge is 2.38. The third kappa shape index (κ3) is 5.28. The molecule has 0 bridgehead atoms. The SMILES string of the molecule is NC(=O)CCCNC1CC1c1ccc(OCc2ccccc2)c(-c2ccccc2)c1. The first-order valence-corrected chi connectivity index (χ1v) is 10.6. The average Bonchev–Trinajstić information content (AvgIpc) is 3.56. The molecule has 1 fully saturated rings. The van der Waals surface area contributed by atoms with Gasteiger partial charge in [0.15, 0.2) is 0 Å². The first kappa shape index (κ1) is 20.2. The molecule has 30 heavy (non-hydrogen) atoms. The van der Waals surface area contributed by atoms with Gasteiger partial charge in [0.1, 0.15) is 12.4 Å². The van der Waals surface area contributed by atoms with Gasteiger partial charge in [0.25, 0.3) is 0 Å². The van der Waals surface area contributed by atoms with E-state index in [9.17, 15) is 4.79 Å². The molecule has 3 aromatic carbocycles. The molecule has 1 saturated carbocycles. The van der Waals surface area contributed by atoms with E-state index in [1.807, 2.05) is 24.3 Å². The first-order chi connectivity index (χ1) is 14.7. The van der Waals surface area contributed by atoms with Crippen molar-refractivity contribution < 1.29 is 9.53 Å². The molecule has 1 aliphatic carbocycles. The normalized spacial score (nSPS) is 17.5. The van der Waals surface area contributed by atoms with Crippen LogP contribution >= 0.6 is 0 Å². The molecule has 1 amide bonds. The predicted octanol–water partition coefficient (Wildman–Crippen LogP) is 4.64. The van der Waals surface area contributed by atoms with Crippen LogP contribution in [-0.4, -0.2) is 18.5 Å². The minimum Gasteiger partial charge on any atom is -0.488 e. The van der Waals surface area contributed by atoms with Crippen LogP contribution in [0.3, 0.4) is 0 Å². The first-order valence-electron chi connectivity index (χ1n) is 10.6. The van der Waals surface area contributed by atoms with E-state index in [4.69, 9.17) is 10.5 Å². The van der Waals surface area contributed by atoms with Crippen LogP contribution in [0.4, 0.5) is 0 Å². The van der Waals surface area contributed by atoms with E-state index in [0.29, 0.717) is 25.0 Å². The quantitative estimate of drug-likeness (QED) is 0.487. The highest BCUT2D eigenvalue weighted by molar-refractivity contribution is 5.73. The Balaban J connectivity index is 1.47. The average molecular weight is 401 g/mol. The summed E-state index contributed by atoms with van der Waals surface area (Å²) in [5.41, 5.74) is 9.98. The summed E-state index contributed by atoms with van der Waals surface area (Å²) in [5.74, 6) is 1.17. The number of carbonyl (C=O) groups is 1. The van der Waals surface area contributed by atoms with Crippen LogP contribution in [0.2, 0.25) is 0 Å². The lowest BCUT2D eigenvalue weighted by atomic mass is 9.99. The fourth-order valence-corrected chi connectivity index (χ4v) is 3.82. The van der Waals surface area contributed by atoms with E-state index in [2.05, 4.69) is 59.9 Å². The highest BCUT2D eigenvalue weighted by atomic mass is 16.5. The van der Waals surface area contributed by atoms with E-state index in [-0.39, 0.29) is 5.91 Å². The van der Waals surface area contributed by atoms with Gasteiger partial charge in [0, 0.05) is 23.9 Å². The summed E-state index contributed by atoms with van der Waals surface area (Å²) in [7, 11) is 0. The molecule has 2 atom stereocenters. The summed E-state index contributed by atoms with van der Waals surface area (Å²) in [5, 5.41) is 3.54. The van der Waals surface area contributed by atoms with Crippen LogP contribution < -0.4 is 15.8 Å². The number of nitrogens with one attached hydrogen (secondary N) is 1. The number of amides is 1. The molecule has 0 radical (unpaired) electrons. The minimum atomic E-state index is -0.234. The number of benzene rings is 3. The second-order valence-electron chi connectivity index (χ2n) is 7.87. The third-order valence-electron chi connectivity index (χ3n) is 5.55. The number of hydrogen-bond donors (Lipinski definition) is 2. The molecule has 0 heterocycles. The Morgan fingerprint density at radius 2 is 1.73 bits per heavy atom. The molecule has 0 spiro atoms. The summed E-state index contributed by atoms with van der Waals surface area (Å²) in [6.45, 7) is 1.38. The van der Waals surface area contributed by atoms with Crippen LogP contribution in [-0.2, 0) is 11.4 Å². The van der Waals surface area contributed by atoms with Gasteiger partial charge in [-0.3, -0.25) is 4.79 Å². The number of nitrogens with two attached hydrogens (primary N) is 1. The van der Waals surface area contributed by atoms with Crippen molar-refractivity contribution in [2.24, 2.45) is 5.73 Å². The van der Waals surface area contributed by atoms with Crippen molar-refractivity contribution in [3.8, 4) is 16.9 Å². The maximum Gasteiger partial charge on any atom is 0.217 e. The van der Waals surface area contributed by atoms with Crippen molar-refractivity contribution in [2.45, 2.75) is 37.8 Å². The lowest BCUT2D eigenvalue weighted by Gasteiger charge is -2.14. The standard InChI is InChI=1S/C26H28N2O2/c27-26(29)12-7-15-28-24-17-22(24)21-13-14-25(30-18-19-8-3-1-4-9-19)23(16-21)20-10-5-2-6-11-20/h1-6,8-11,13-14,16,22,24,28H,7,12,15,17-18H2,(H2,27,29). The maximum absolute atomic E-state index is 10.9. The van der Waals surface area contributed by atoms with Gasteiger partial charge in [-0.05, 0) is 48.2 Å². The molecule has 4 nitrogen and oxygen atoms in total. The molecule has 154 valence electrons. The van der Waals surface area contributed by atoms with Crippen LogP contribution in [0.5, 0.6) is 5.75 Å². The zero-order chi connectivity index (χ0) is 20.8. The van der Waals surface area contributed by atoms with Gasteiger partial charge < -0.3 is 15.8 Å². The van der Waals surface area contributed by atoms with Gasteiger partial charge in [-0.2, -0.15) is 0 Å². The third-order valence-corrected chi connectivity index (χ3v) is 5.55.